The van der Waals surface area contributed by atoms with Crippen LogP contribution >= 0.6 is 0 Å². The van der Waals surface area contributed by atoms with Gasteiger partial charge in [-0.2, -0.15) is 0 Å². The summed E-state index contributed by atoms with van der Waals surface area (Å²) in [5.74, 6) is 0.686. The molecule has 0 saturated heterocycles. The summed E-state index contributed by atoms with van der Waals surface area (Å²) >= 11 is 0. The highest BCUT2D eigenvalue weighted by Crippen LogP contribution is 2.52. The molecule has 3 nitrogen and oxygen atoms in total. The molecule has 0 fully saturated rings. The van der Waals surface area contributed by atoms with Crippen LogP contribution in [-0.2, 0) is 5.41 Å². The molecule has 232 valence electrons. The van der Waals surface area contributed by atoms with Crippen LogP contribution in [0.15, 0.2) is 164 Å². The summed E-state index contributed by atoms with van der Waals surface area (Å²) in [5, 5.41) is 2.63. The van der Waals surface area contributed by atoms with Crippen LogP contribution in [-0.4, -0.2) is 15.0 Å². The second-order valence-electron chi connectivity index (χ2n) is 13.3. The van der Waals surface area contributed by atoms with Crippen LogP contribution in [0.3, 0.4) is 0 Å². The van der Waals surface area contributed by atoms with Crippen LogP contribution in [0.2, 0.25) is 0 Å². The van der Waals surface area contributed by atoms with E-state index in [-0.39, 0.29) is 5.41 Å². The number of rotatable bonds is 5. The molecule has 2 heterocycles. The zero-order valence-corrected chi connectivity index (χ0v) is 27.4. The van der Waals surface area contributed by atoms with Crippen molar-refractivity contribution in [2.24, 2.45) is 0 Å². The molecule has 1 aliphatic rings. The standard InChI is InChI=1S/C46H33N3/c1-46(2)41-27-35(22-23-39(41)40-24-21-32-12-6-7-16-38(32)44(40)46)31-17-19-33(20-18-31)42-28-43(37-15-9-25-47-29-37)49-45(48-42)36-14-8-13-34(26-36)30-10-4-3-5-11-30/h3-29H,1-2H3. The first-order chi connectivity index (χ1) is 24.0. The minimum atomic E-state index is -0.0979. The number of fused-ring (bicyclic) bond motifs is 5. The van der Waals surface area contributed by atoms with Gasteiger partial charge in [-0.05, 0) is 85.6 Å². The zero-order chi connectivity index (χ0) is 33.0. The molecule has 2 aromatic heterocycles. The molecule has 0 bridgehead atoms. The van der Waals surface area contributed by atoms with Crippen molar-refractivity contribution < 1.29 is 0 Å². The van der Waals surface area contributed by atoms with Crippen molar-refractivity contribution in [3.8, 4) is 67.3 Å². The first-order valence-corrected chi connectivity index (χ1v) is 16.8. The van der Waals surface area contributed by atoms with Gasteiger partial charge in [-0.15, -0.1) is 0 Å². The van der Waals surface area contributed by atoms with Gasteiger partial charge in [-0.1, -0.05) is 135 Å². The predicted octanol–water partition coefficient (Wildman–Crippen LogP) is 11.7. The summed E-state index contributed by atoms with van der Waals surface area (Å²) in [6.07, 6.45) is 3.64. The Morgan fingerprint density at radius 3 is 1.90 bits per heavy atom. The lowest BCUT2D eigenvalue weighted by Crippen LogP contribution is -2.15. The maximum Gasteiger partial charge on any atom is 0.160 e. The van der Waals surface area contributed by atoms with Gasteiger partial charge >= 0.3 is 0 Å². The highest BCUT2D eigenvalue weighted by atomic mass is 14.9. The fraction of sp³-hybridized carbons (Fsp3) is 0.0652. The fourth-order valence-electron chi connectivity index (χ4n) is 7.47. The highest BCUT2D eigenvalue weighted by molar-refractivity contribution is 5.98. The Kier molecular flexibility index (Phi) is 6.80. The normalized spacial score (nSPS) is 12.9. The summed E-state index contributed by atoms with van der Waals surface area (Å²) < 4.78 is 0. The number of pyridine rings is 1. The number of benzene rings is 6. The van der Waals surface area contributed by atoms with E-state index < -0.39 is 0 Å². The minimum Gasteiger partial charge on any atom is -0.264 e. The molecule has 1 aliphatic carbocycles. The topological polar surface area (TPSA) is 38.7 Å². The van der Waals surface area contributed by atoms with Gasteiger partial charge in [-0.25, -0.2) is 9.97 Å². The Morgan fingerprint density at radius 2 is 1.08 bits per heavy atom. The SMILES string of the molecule is CC1(C)c2cc(-c3ccc(-c4cc(-c5cccnc5)nc(-c5cccc(-c6ccccc6)c5)n4)cc3)ccc2-c2ccc3ccccc3c21. The van der Waals surface area contributed by atoms with Crippen LogP contribution in [0, 0.1) is 0 Å². The number of hydrogen-bond acceptors (Lipinski definition) is 3. The third kappa shape index (κ3) is 5.03. The maximum absolute atomic E-state index is 5.12. The average molecular weight is 628 g/mol. The van der Waals surface area contributed by atoms with E-state index in [0.717, 1.165) is 39.2 Å². The van der Waals surface area contributed by atoms with Gasteiger partial charge in [0.2, 0.25) is 0 Å². The lowest BCUT2D eigenvalue weighted by molar-refractivity contribution is 0.666. The van der Waals surface area contributed by atoms with E-state index in [4.69, 9.17) is 9.97 Å². The highest BCUT2D eigenvalue weighted by Gasteiger charge is 2.37. The molecule has 8 aromatic rings. The van der Waals surface area contributed by atoms with Gasteiger partial charge in [0.05, 0.1) is 11.4 Å². The van der Waals surface area contributed by atoms with Crippen LogP contribution in [0.25, 0.3) is 78.1 Å². The Labute approximate surface area is 286 Å². The maximum atomic E-state index is 5.12. The van der Waals surface area contributed by atoms with Crippen LogP contribution in [0.1, 0.15) is 25.0 Å². The first kappa shape index (κ1) is 29.0. The van der Waals surface area contributed by atoms with Gasteiger partial charge in [0.1, 0.15) is 0 Å². The Balaban J connectivity index is 1.09. The summed E-state index contributed by atoms with van der Waals surface area (Å²) in [7, 11) is 0. The molecule has 0 saturated carbocycles. The van der Waals surface area contributed by atoms with Crippen molar-refractivity contribution in [1.82, 2.24) is 15.0 Å². The third-order valence-electron chi connectivity index (χ3n) is 9.96. The Bertz CT molecular complexity index is 2500. The molecule has 0 amide bonds. The second-order valence-corrected chi connectivity index (χ2v) is 13.3. The predicted molar refractivity (Wildman–Crippen MR) is 202 cm³/mol. The fourth-order valence-corrected chi connectivity index (χ4v) is 7.47. The smallest absolute Gasteiger partial charge is 0.160 e. The van der Waals surface area contributed by atoms with E-state index in [0.29, 0.717) is 5.82 Å². The molecule has 0 atom stereocenters. The van der Waals surface area contributed by atoms with E-state index in [2.05, 4.69) is 152 Å². The van der Waals surface area contributed by atoms with Crippen molar-refractivity contribution >= 4 is 10.8 Å². The van der Waals surface area contributed by atoms with E-state index in [1.54, 1.807) is 6.20 Å². The Hall–Kier alpha value is -6.19. The lowest BCUT2D eigenvalue weighted by Gasteiger charge is -2.23. The molecular formula is C46H33N3. The van der Waals surface area contributed by atoms with Gasteiger partial charge in [0.25, 0.3) is 0 Å². The third-order valence-corrected chi connectivity index (χ3v) is 9.96. The summed E-state index contributed by atoms with van der Waals surface area (Å²) in [4.78, 5) is 14.5. The number of nitrogens with zero attached hydrogens (tertiary/aromatic N) is 3. The van der Waals surface area contributed by atoms with Crippen LogP contribution < -0.4 is 0 Å². The molecule has 6 aromatic carbocycles. The molecule has 9 rings (SSSR count). The monoisotopic (exact) mass is 627 g/mol. The van der Waals surface area contributed by atoms with Crippen LogP contribution in [0.4, 0.5) is 0 Å². The van der Waals surface area contributed by atoms with E-state index in [1.165, 1.54) is 44.2 Å². The summed E-state index contributed by atoms with van der Waals surface area (Å²) in [6.45, 7) is 4.72. The molecule has 0 radical (unpaired) electrons. The quantitative estimate of drug-likeness (QED) is 0.191. The molecule has 0 unspecified atom stereocenters. The van der Waals surface area contributed by atoms with Gasteiger partial charge in [0, 0.05) is 34.5 Å². The molecule has 3 heteroatoms. The van der Waals surface area contributed by atoms with Crippen molar-refractivity contribution in [2.75, 3.05) is 0 Å². The number of hydrogen-bond donors (Lipinski definition) is 0. The van der Waals surface area contributed by atoms with E-state index in [1.807, 2.05) is 24.4 Å². The number of aromatic nitrogens is 3. The lowest BCUT2D eigenvalue weighted by atomic mass is 9.79. The summed E-state index contributed by atoms with van der Waals surface area (Å²) in [5.41, 5.74) is 14.8. The van der Waals surface area contributed by atoms with E-state index >= 15 is 0 Å². The zero-order valence-electron chi connectivity index (χ0n) is 27.4. The molecule has 0 aliphatic heterocycles. The largest absolute Gasteiger partial charge is 0.264 e. The molecular weight excluding hydrogens is 595 g/mol. The molecule has 0 spiro atoms. The summed E-state index contributed by atoms with van der Waals surface area (Å²) in [6, 6.07) is 54.0. The van der Waals surface area contributed by atoms with Crippen LogP contribution in [0.5, 0.6) is 0 Å². The van der Waals surface area contributed by atoms with Crippen molar-refractivity contribution in [3.05, 3.63) is 175 Å². The Morgan fingerprint density at radius 1 is 0.449 bits per heavy atom. The minimum absolute atomic E-state index is 0.0979. The van der Waals surface area contributed by atoms with E-state index in [9.17, 15) is 0 Å². The first-order valence-electron chi connectivity index (χ1n) is 16.8. The average Bonchev–Trinajstić information content (AvgIpc) is 3.41. The van der Waals surface area contributed by atoms with Crippen molar-refractivity contribution in [3.63, 3.8) is 0 Å². The van der Waals surface area contributed by atoms with Crippen molar-refractivity contribution in [1.29, 1.82) is 0 Å². The molecule has 49 heavy (non-hydrogen) atoms. The van der Waals surface area contributed by atoms with Gasteiger partial charge < -0.3 is 0 Å². The second kappa shape index (κ2) is 11.5. The molecule has 0 N–H and O–H groups in total. The van der Waals surface area contributed by atoms with Gasteiger partial charge in [-0.3, -0.25) is 4.98 Å². The van der Waals surface area contributed by atoms with Gasteiger partial charge in [0.15, 0.2) is 5.82 Å². The van der Waals surface area contributed by atoms with Crippen molar-refractivity contribution in [2.45, 2.75) is 19.3 Å².